The van der Waals surface area contributed by atoms with Crippen LogP contribution in [0.25, 0.3) is 11.0 Å². The summed E-state index contributed by atoms with van der Waals surface area (Å²) in [6.45, 7) is 8.56. The molecule has 1 heterocycles. The predicted octanol–water partition coefficient (Wildman–Crippen LogP) is 2.55. The molecule has 3 heteroatoms. The van der Waals surface area contributed by atoms with E-state index in [1.54, 1.807) is 0 Å². The number of aromatic nitrogens is 2. The lowest BCUT2D eigenvalue weighted by Crippen LogP contribution is -2.23. The van der Waals surface area contributed by atoms with Crippen molar-refractivity contribution in [3.05, 3.63) is 30.1 Å². The molecule has 2 rings (SSSR count). The summed E-state index contributed by atoms with van der Waals surface area (Å²) in [5.74, 6) is 1.16. The molecule has 0 saturated carbocycles. The van der Waals surface area contributed by atoms with E-state index in [2.05, 4.69) is 48.9 Å². The highest BCUT2D eigenvalue weighted by Gasteiger charge is 2.22. The standard InChI is InChI=1S/C14H21N3/c1-14(2,3)13-16-11-7-5-6-8-12(11)17(13)10-9-15-4/h5-8,15H,9-10H2,1-4H3. The maximum absolute atomic E-state index is 4.77. The number of fused-ring (bicyclic) bond motifs is 1. The Balaban J connectivity index is 2.57. The van der Waals surface area contributed by atoms with Crippen LogP contribution in [0.2, 0.25) is 0 Å². The maximum Gasteiger partial charge on any atom is 0.115 e. The van der Waals surface area contributed by atoms with Crippen molar-refractivity contribution in [3.63, 3.8) is 0 Å². The summed E-state index contributed by atoms with van der Waals surface area (Å²) >= 11 is 0. The number of hydrogen-bond acceptors (Lipinski definition) is 2. The summed E-state index contributed by atoms with van der Waals surface area (Å²) < 4.78 is 2.33. The Kier molecular flexibility index (Phi) is 3.20. The number of nitrogens with zero attached hydrogens (tertiary/aromatic N) is 2. The fraction of sp³-hybridized carbons (Fsp3) is 0.500. The van der Waals surface area contributed by atoms with E-state index >= 15 is 0 Å². The highest BCUT2D eigenvalue weighted by atomic mass is 15.1. The van der Waals surface area contributed by atoms with Crippen LogP contribution in [0.4, 0.5) is 0 Å². The Morgan fingerprint density at radius 3 is 2.59 bits per heavy atom. The third-order valence-electron chi connectivity index (χ3n) is 2.91. The van der Waals surface area contributed by atoms with E-state index in [4.69, 9.17) is 4.98 Å². The van der Waals surface area contributed by atoms with Gasteiger partial charge in [-0.3, -0.25) is 0 Å². The minimum atomic E-state index is 0.0762. The number of nitrogens with one attached hydrogen (secondary N) is 1. The van der Waals surface area contributed by atoms with Crippen LogP contribution in [0.5, 0.6) is 0 Å². The molecule has 0 radical (unpaired) electrons. The Morgan fingerprint density at radius 2 is 1.94 bits per heavy atom. The van der Waals surface area contributed by atoms with E-state index in [1.807, 2.05) is 13.1 Å². The van der Waals surface area contributed by atoms with Crippen molar-refractivity contribution < 1.29 is 0 Å². The summed E-state index contributed by atoms with van der Waals surface area (Å²) in [6, 6.07) is 8.35. The van der Waals surface area contributed by atoms with Gasteiger partial charge in [0, 0.05) is 18.5 Å². The van der Waals surface area contributed by atoms with Gasteiger partial charge in [0.05, 0.1) is 11.0 Å². The first kappa shape index (κ1) is 12.1. The molecule has 0 aliphatic heterocycles. The largest absolute Gasteiger partial charge is 0.326 e. The van der Waals surface area contributed by atoms with Crippen molar-refractivity contribution in [2.45, 2.75) is 32.7 Å². The SMILES string of the molecule is CNCCn1c(C(C)(C)C)nc2ccccc21. The molecular formula is C14H21N3. The maximum atomic E-state index is 4.77. The second-order valence-corrected chi connectivity index (χ2v) is 5.43. The van der Waals surface area contributed by atoms with Gasteiger partial charge in [-0.25, -0.2) is 4.98 Å². The number of rotatable bonds is 3. The van der Waals surface area contributed by atoms with Gasteiger partial charge in [-0.05, 0) is 19.2 Å². The van der Waals surface area contributed by atoms with Crippen LogP contribution in [-0.4, -0.2) is 23.1 Å². The molecule has 0 atom stereocenters. The predicted molar refractivity (Wildman–Crippen MR) is 72.4 cm³/mol. The van der Waals surface area contributed by atoms with Gasteiger partial charge in [-0.1, -0.05) is 32.9 Å². The number of para-hydroxylation sites is 2. The van der Waals surface area contributed by atoms with Gasteiger partial charge < -0.3 is 9.88 Å². The lowest BCUT2D eigenvalue weighted by Gasteiger charge is -2.20. The Hall–Kier alpha value is -1.35. The smallest absolute Gasteiger partial charge is 0.115 e. The summed E-state index contributed by atoms with van der Waals surface area (Å²) in [5, 5.41) is 3.20. The molecular weight excluding hydrogens is 210 g/mol. The van der Waals surface area contributed by atoms with E-state index < -0.39 is 0 Å². The molecule has 0 aliphatic carbocycles. The lowest BCUT2D eigenvalue weighted by atomic mass is 9.95. The average molecular weight is 231 g/mol. The highest BCUT2D eigenvalue weighted by Crippen LogP contribution is 2.25. The van der Waals surface area contributed by atoms with Gasteiger partial charge >= 0.3 is 0 Å². The third kappa shape index (κ3) is 2.34. The second kappa shape index (κ2) is 4.49. The molecule has 0 spiro atoms. The molecule has 0 unspecified atom stereocenters. The minimum absolute atomic E-state index is 0.0762. The number of benzene rings is 1. The fourth-order valence-corrected chi connectivity index (χ4v) is 2.10. The monoisotopic (exact) mass is 231 g/mol. The van der Waals surface area contributed by atoms with E-state index in [0.717, 1.165) is 24.4 Å². The first-order valence-corrected chi connectivity index (χ1v) is 6.14. The van der Waals surface area contributed by atoms with Crippen LogP contribution in [0, 0.1) is 0 Å². The zero-order chi connectivity index (χ0) is 12.5. The molecule has 0 fully saturated rings. The van der Waals surface area contributed by atoms with E-state index in [0.29, 0.717) is 0 Å². The Morgan fingerprint density at radius 1 is 1.24 bits per heavy atom. The van der Waals surface area contributed by atoms with Gasteiger partial charge in [0.2, 0.25) is 0 Å². The topological polar surface area (TPSA) is 29.9 Å². The Bertz CT molecular complexity index is 506. The average Bonchev–Trinajstić information content (AvgIpc) is 2.65. The molecule has 2 aromatic rings. The van der Waals surface area contributed by atoms with Gasteiger partial charge in [0.25, 0.3) is 0 Å². The van der Waals surface area contributed by atoms with Gasteiger partial charge in [0.1, 0.15) is 5.82 Å². The van der Waals surface area contributed by atoms with Crippen LogP contribution < -0.4 is 5.32 Å². The first-order valence-electron chi connectivity index (χ1n) is 6.14. The molecule has 3 nitrogen and oxygen atoms in total. The molecule has 0 amide bonds. The number of imidazole rings is 1. The normalized spacial score (nSPS) is 12.2. The van der Waals surface area contributed by atoms with E-state index in [-0.39, 0.29) is 5.41 Å². The second-order valence-electron chi connectivity index (χ2n) is 5.43. The minimum Gasteiger partial charge on any atom is -0.326 e. The Labute approximate surface area is 103 Å². The third-order valence-corrected chi connectivity index (χ3v) is 2.91. The van der Waals surface area contributed by atoms with Crippen molar-refractivity contribution in [1.82, 2.24) is 14.9 Å². The van der Waals surface area contributed by atoms with Crippen LogP contribution >= 0.6 is 0 Å². The summed E-state index contributed by atoms with van der Waals surface area (Å²) in [5.41, 5.74) is 2.40. The fourth-order valence-electron chi connectivity index (χ4n) is 2.10. The summed E-state index contributed by atoms with van der Waals surface area (Å²) in [7, 11) is 1.98. The van der Waals surface area contributed by atoms with Crippen LogP contribution in [-0.2, 0) is 12.0 Å². The van der Waals surface area contributed by atoms with Crippen LogP contribution in [0.3, 0.4) is 0 Å². The summed E-state index contributed by atoms with van der Waals surface area (Å²) in [4.78, 5) is 4.77. The quantitative estimate of drug-likeness (QED) is 0.879. The zero-order valence-corrected chi connectivity index (χ0v) is 11.1. The molecule has 0 aliphatic rings. The van der Waals surface area contributed by atoms with Crippen molar-refractivity contribution in [2.75, 3.05) is 13.6 Å². The molecule has 1 aromatic carbocycles. The molecule has 17 heavy (non-hydrogen) atoms. The molecule has 0 bridgehead atoms. The van der Waals surface area contributed by atoms with Crippen molar-refractivity contribution in [1.29, 1.82) is 0 Å². The van der Waals surface area contributed by atoms with Gasteiger partial charge in [0.15, 0.2) is 0 Å². The van der Waals surface area contributed by atoms with E-state index in [1.165, 1.54) is 5.52 Å². The molecule has 0 saturated heterocycles. The summed E-state index contributed by atoms with van der Waals surface area (Å²) in [6.07, 6.45) is 0. The number of hydrogen-bond donors (Lipinski definition) is 1. The van der Waals surface area contributed by atoms with E-state index in [9.17, 15) is 0 Å². The molecule has 1 aromatic heterocycles. The zero-order valence-electron chi connectivity index (χ0n) is 11.1. The van der Waals surface area contributed by atoms with Gasteiger partial charge in [-0.2, -0.15) is 0 Å². The lowest BCUT2D eigenvalue weighted by molar-refractivity contribution is 0.499. The van der Waals surface area contributed by atoms with Crippen molar-refractivity contribution in [2.24, 2.45) is 0 Å². The first-order chi connectivity index (χ1) is 8.04. The number of likely N-dealkylation sites (N-methyl/N-ethyl adjacent to an activating group) is 1. The van der Waals surface area contributed by atoms with Crippen molar-refractivity contribution >= 4 is 11.0 Å². The highest BCUT2D eigenvalue weighted by molar-refractivity contribution is 5.76. The van der Waals surface area contributed by atoms with Crippen molar-refractivity contribution in [3.8, 4) is 0 Å². The van der Waals surface area contributed by atoms with Crippen LogP contribution in [0.1, 0.15) is 26.6 Å². The van der Waals surface area contributed by atoms with Gasteiger partial charge in [-0.15, -0.1) is 0 Å². The van der Waals surface area contributed by atoms with Crippen LogP contribution in [0.15, 0.2) is 24.3 Å². The molecule has 1 N–H and O–H groups in total. The molecule has 92 valence electrons.